The summed E-state index contributed by atoms with van der Waals surface area (Å²) in [6.07, 6.45) is 3.25. The number of nitrogens with one attached hydrogen (secondary N) is 1. The van der Waals surface area contributed by atoms with Crippen LogP contribution in [0.2, 0.25) is 0 Å². The molecule has 0 aromatic carbocycles. The fraction of sp³-hybridized carbons (Fsp3) is 0.538. The van der Waals surface area contributed by atoms with Crippen molar-refractivity contribution in [3.05, 3.63) is 23.5 Å². The van der Waals surface area contributed by atoms with Gasteiger partial charge in [-0.2, -0.15) is 5.10 Å². The fourth-order valence-electron chi connectivity index (χ4n) is 2.18. The Morgan fingerprint density at radius 2 is 2.33 bits per heavy atom. The number of fused-ring (bicyclic) bond motifs is 1. The van der Waals surface area contributed by atoms with E-state index in [1.54, 1.807) is 0 Å². The number of rotatable bonds is 3. The lowest BCUT2D eigenvalue weighted by Crippen LogP contribution is -2.22. The van der Waals surface area contributed by atoms with Crippen molar-refractivity contribution >= 4 is 11.0 Å². The smallest absolute Gasteiger partial charge is 0.158 e. The highest BCUT2D eigenvalue weighted by atomic mass is 16.7. The molecule has 2 aromatic heterocycles. The van der Waals surface area contributed by atoms with E-state index in [0.717, 1.165) is 41.9 Å². The van der Waals surface area contributed by atoms with E-state index in [0.29, 0.717) is 6.61 Å². The van der Waals surface area contributed by atoms with Crippen molar-refractivity contribution in [1.29, 1.82) is 0 Å². The second-order valence-electron chi connectivity index (χ2n) is 4.69. The van der Waals surface area contributed by atoms with Crippen LogP contribution in [-0.2, 0) is 16.1 Å². The second-order valence-corrected chi connectivity index (χ2v) is 4.69. The van der Waals surface area contributed by atoms with E-state index in [1.807, 2.05) is 19.1 Å². The minimum absolute atomic E-state index is 0.0574. The van der Waals surface area contributed by atoms with Crippen LogP contribution in [0.25, 0.3) is 11.0 Å². The number of aryl methyl sites for hydroxylation is 1. The summed E-state index contributed by atoms with van der Waals surface area (Å²) in [6.45, 7) is 3.27. The predicted octanol–water partition coefficient (Wildman–Crippen LogP) is 2.31. The number of ether oxygens (including phenoxy) is 2. The number of H-pyrrole nitrogens is 1. The minimum Gasteiger partial charge on any atom is -0.355 e. The molecule has 1 N–H and O–H groups in total. The lowest BCUT2D eigenvalue weighted by molar-refractivity contribution is -0.169. The Morgan fingerprint density at radius 1 is 1.39 bits per heavy atom. The largest absolute Gasteiger partial charge is 0.355 e. The summed E-state index contributed by atoms with van der Waals surface area (Å²) in [4.78, 5) is 3.29. The average Bonchev–Trinajstić information content (AvgIpc) is 2.79. The normalized spacial score (nSPS) is 20.4. The first kappa shape index (κ1) is 11.6. The van der Waals surface area contributed by atoms with Gasteiger partial charge < -0.3 is 14.5 Å². The highest BCUT2D eigenvalue weighted by Crippen LogP contribution is 2.17. The zero-order chi connectivity index (χ0) is 12.4. The molecule has 1 unspecified atom stereocenters. The first-order valence-corrected chi connectivity index (χ1v) is 6.36. The first-order chi connectivity index (χ1) is 8.81. The van der Waals surface area contributed by atoms with Crippen molar-refractivity contribution in [1.82, 2.24) is 15.2 Å². The van der Waals surface area contributed by atoms with Crippen molar-refractivity contribution in [3.63, 3.8) is 0 Å². The van der Waals surface area contributed by atoms with E-state index in [4.69, 9.17) is 9.47 Å². The van der Waals surface area contributed by atoms with Gasteiger partial charge in [-0.05, 0) is 38.3 Å². The van der Waals surface area contributed by atoms with E-state index < -0.39 is 0 Å². The molecule has 1 aliphatic heterocycles. The average molecular weight is 247 g/mol. The van der Waals surface area contributed by atoms with Crippen LogP contribution in [0.15, 0.2) is 12.1 Å². The van der Waals surface area contributed by atoms with Gasteiger partial charge in [0.05, 0.1) is 17.8 Å². The van der Waals surface area contributed by atoms with Gasteiger partial charge in [-0.15, -0.1) is 5.10 Å². The summed E-state index contributed by atoms with van der Waals surface area (Å²) in [5, 5.41) is 8.16. The minimum atomic E-state index is -0.0574. The van der Waals surface area contributed by atoms with Crippen molar-refractivity contribution < 1.29 is 9.47 Å². The summed E-state index contributed by atoms with van der Waals surface area (Å²) in [5.74, 6) is 0. The van der Waals surface area contributed by atoms with Gasteiger partial charge in [0.1, 0.15) is 5.52 Å². The van der Waals surface area contributed by atoms with Crippen molar-refractivity contribution in [3.8, 4) is 0 Å². The molecule has 0 radical (unpaired) electrons. The molecule has 0 saturated carbocycles. The van der Waals surface area contributed by atoms with E-state index >= 15 is 0 Å². The van der Waals surface area contributed by atoms with Gasteiger partial charge in [0.2, 0.25) is 0 Å². The molecule has 5 heteroatoms. The number of hydrogen-bond donors (Lipinski definition) is 1. The summed E-state index contributed by atoms with van der Waals surface area (Å²) >= 11 is 0. The molecule has 1 atom stereocenters. The molecule has 0 amide bonds. The van der Waals surface area contributed by atoms with Crippen LogP contribution in [0.1, 0.15) is 30.7 Å². The Hall–Kier alpha value is -1.46. The Balaban J connectivity index is 1.67. The molecule has 1 saturated heterocycles. The molecule has 0 aliphatic carbocycles. The molecule has 3 rings (SSSR count). The molecule has 1 aliphatic rings. The maximum atomic E-state index is 5.73. The summed E-state index contributed by atoms with van der Waals surface area (Å²) in [6, 6.07) is 3.97. The van der Waals surface area contributed by atoms with Gasteiger partial charge in [0.25, 0.3) is 0 Å². The lowest BCUT2D eigenvalue weighted by atomic mass is 10.2. The number of aromatic amines is 1. The Kier molecular flexibility index (Phi) is 3.25. The van der Waals surface area contributed by atoms with Crippen LogP contribution in [0.3, 0.4) is 0 Å². The molecule has 0 bridgehead atoms. The van der Waals surface area contributed by atoms with Crippen LogP contribution in [0.4, 0.5) is 0 Å². The highest BCUT2D eigenvalue weighted by molar-refractivity contribution is 5.75. The summed E-state index contributed by atoms with van der Waals surface area (Å²) < 4.78 is 11.3. The molecule has 1 fully saturated rings. The zero-order valence-corrected chi connectivity index (χ0v) is 10.5. The van der Waals surface area contributed by atoms with Crippen molar-refractivity contribution in [2.24, 2.45) is 0 Å². The van der Waals surface area contributed by atoms with Crippen LogP contribution in [0.5, 0.6) is 0 Å². The predicted molar refractivity (Wildman–Crippen MR) is 67.0 cm³/mol. The van der Waals surface area contributed by atoms with Gasteiger partial charge in [0, 0.05) is 12.3 Å². The van der Waals surface area contributed by atoms with E-state index in [-0.39, 0.29) is 6.29 Å². The lowest BCUT2D eigenvalue weighted by Gasteiger charge is -2.22. The fourth-order valence-corrected chi connectivity index (χ4v) is 2.18. The maximum absolute atomic E-state index is 5.73. The van der Waals surface area contributed by atoms with Gasteiger partial charge in [-0.25, -0.2) is 0 Å². The molecular formula is C13H17N3O2. The van der Waals surface area contributed by atoms with Gasteiger partial charge in [-0.1, -0.05) is 0 Å². The monoisotopic (exact) mass is 247 g/mol. The zero-order valence-electron chi connectivity index (χ0n) is 10.5. The number of nitrogens with zero attached hydrogens (tertiary/aromatic N) is 2. The molecule has 0 spiro atoms. The third-order valence-corrected chi connectivity index (χ3v) is 3.11. The van der Waals surface area contributed by atoms with Crippen LogP contribution < -0.4 is 0 Å². The Morgan fingerprint density at radius 3 is 3.17 bits per heavy atom. The van der Waals surface area contributed by atoms with E-state index in [2.05, 4.69) is 15.2 Å². The molecule has 96 valence electrons. The third kappa shape index (κ3) is 2.52. The van der Waals surface area contributed by atoms with Crippen LogP contribution in [0, 0.1) is 6.92 Å². The standard InChI is InChI=1S/C13H17N3O2/c1-9-6-11-12(16-15-9)7-10(14-11)8-18-13-4-2-3-5-17-13/h6-7,13-14H,2-5,8H2,1H3. The molecule has 3 heterocycles. The topological polar surface area (TPSA) is 60.0 Å². The van der Waals surface area contributed by atoms with Gasteiger partial charge in [0.15, 0.2) is 6.29 Å². The quantitative estimate of drug-likeness (QED) is 0.904. The second kappa shape index (κ2) is 5.04. The van der Waals surface area contributed by atoms with Gasteiger partial charge in [-0.3, -0.25) is 0 Å². The summed E-state index contributed by atoms with van der Waals surface area (Å²) in [5.41, 5.74) is 3.81. The summed E-state index contributed by atoms with van der Waals surface area (Å²) in [7, 11) is 0. The number of hydrogen-bond acceptors (Lipinski definition) is 4. The van der Waals surface area contributed by atoms with Crippen molar-refractivity contribution in [2.45, 2.75) is 39.1 Å². The SMILES string of the molecule is Cc1cc2[nH]c(COC3CCCCO3)cc2nn1. The first-order valence-electron chi connectivity index (χ1n) is 6.36. The third-order valence-electron chi connectivity index (χ3n) is 3.11. The number of aromatic nitrogens is 3. The van der Waals surface area contributed by atoms with E-state index in [9.17, 15) is 0 Å². The molecular weight excluding hydrogens is 230 g/mol. The van der Waals surface area contributed by atoms with Crippen LogP contribution >= 0.6 is 0 Å². The molecule has 5 nitrogen and oxygen atoms in total. The van der Waals surface area contributed by atoms with Crippen molar-refractivity contribution in [2.75, 3.05) is 6.61 Å². The van der Waals surface area contributed by atoms with Gasteiger partial charge >= 0.3 is 0 Å². The Labute approximate surface area is 106 Å². The Bertz CT molecular complexity index is 532. The molecule has 18 heavy (non-hydrogen) atoms. The maximum Gasteiger partial charge on any atom is 0.158 e. The van der Waals surface area contributed by atoms with Crippen LogP contribution in [-0.4, -0.2) is 28.1 Å². The van der Waals surface area contributed by atoms with E-state index in [1.165, 1.54) is 6.42 Å². The highest BCUT2D eigenvalue weighted by Gasteiger charge is 2.14. The molecule has 2 aromatic rings.